The summed E-state index contributed by atoms with van der Waals surface area (Å²) in [5.41, 5.74) is 7.36. The molecule has 0 atom stereocenters. The zero-order chi connectivity index (χ0) is 29.5. The summed E-state index contributed by atoms with van der Waals surface area (Å²) in [6, 6.07) is 13.1. The molecule has 0 saturated heterocycles. The fourth-order valence-electron chi connectivity index (χ4n) is 7.18. The van der Waals surface area contributed by atoms with Crippen LogP contribution in [0, 0.1) is 20.8 Å². The van der Waals surface area contributed by atoms with Crippen molar-refractivity contribution in [3.8, 4) is 16.9 Å². The molecule has 0 fully saturated rings. The third-order valence-corrected chi connectivity index (χ3v) is 15.2. The van der Waals surface area contributed by atoms with Crippen LogP contribution in [-0.2, 0) is 0 Å². The highest BCUT2D eigenvalue weighted by Gasteiger charge is 2.45. The first-order valence-corrected chi connectivity index (χ1v) is 20.3. The van der Waals surface area contributed by atoms with Gasteiger partial charge in [0.25, 0.3) is 0 Å². The van der Waals surface area contributed by atoms with Crippen LogP contribution in [0.3, 0.4) is 0 Å². The lowest BCUT2D eigenvalue weighted by atomic mass is 9.99. The second-order valence-electron chi connectivity index (χ2n) is 13.4. The fraction of sp³-hybridized carbons (Fsp3) is 0.692. The quantitative estimate of drug-likeness (QED) is 0.100. The van der Waals surface area contributed by atoms with E-state index in [9.17, 15) is 0 Å². The van der Waals surface area contributed by atoms with Gasteiger partial charge in [-0.3, -0.25) is 0 Å². The number of ether oxygens (including phenoxy) is 1. The molecule has 0 aliphatic carbocycles. The molecule has 2 aromatic rings. The van der Waals surface area contributed by atoms with Crippen molar-refractivity contribution in [1.29, 1.82) is 0 Å². The van der Waals surface area contributed by atoms with Gasteiger partial charge in [-0.25, -0.2) is 0 Å². The molecule has 0 saturated carbocycles. The Balaban J connectivity index is 1.87. The topological polar surface area (TPSA) is 9.23 Å². The second kappa shape index (κ2) is 18.2. The summed E-state index contributed by atoms with van der Waals surface area (Å²) in [7, 11) is -1.83. The van der Waals surface area contributed by atoms with Crippen LogP contribution in [0.1, 0.15) is 153 Å². The van der Waals surface area contributed by atoms with Gasteiger partial charge in [-0.2, -0.15) is 0 Å². The average molecular weight is 577 g/mol. The van der Waals surface area contributed by atoms with E-state index in [1.54, 1.807) is 15.9 Å². The first-order valence-electron chi connectivity index (χ1n) is 17.9. The fourth-order valence-corrected chi connectivity index (χ4v) is 12.9. The van der Waals surface area contributed by atoms with Crippen LogP contribution < -0.4 is 15.1 Å². The zero-order valence-electron chi connectivity index (χ0n) is 28.1. The summed E-state index contributed by atoms with van der Waals surface area (Å²) in [5.74, 6) is 1.13. The minimum atomic E-state index is -1.83. The van der Waals surface area contributed by atoms with Crippen molar-refractivity contribution in [1.82, 2.24) is 0 Å². The van der Waals surface area contributed by atoms with E-state index in [1.807, 2.05) is 0 Å². The Morgan fingerprint density at radius 3 is 1.41 bits per heavy atom. The molecule has 0 N–H and O–H groups in total. The van der Waals surface area contributed by atoms with E-state index >= 15 is 0 Å². The highest BCUT2D eigenvalue weighted by atomic mass is 28.3. The molecular weight excluding hydrogens is 513 g/mol. The Bertz CT molecular complexity index is 1020. The number of hydrogen-bond acceptors (Lipinski definition) is 1. The molecule has 230 valence electrons. The van der Waals surface area contributed by atoms with Crippen molar-refractivity contribution in [2.24, 2.45) is 0 Å². The van der Waals surface area contributed by atoms with Crippen LogP contribution >= 0.6 is 0 Å². The first kappa shape index (κ1) is 34.0. The van der Waals surface area contributed by atoms with Crippen LogP contribution in [0.2, 0.25) is 12.1 Å². The van der Waals surface area contributed by atoms with Gasteiger partial charge in [-0.1, -0.05) is 148 Å². The maximum atomic E-state index is 6.49. The Labute approximate surface area is 256 Å². The molecule has 3 rings (SSSR count). The van der Waals surface area contributed by atoms with Crippen molar-refractivity contribution in [2.45, 2.75) is 169 Å². The van der Waals surface area contributed by atoms with Gasteiger partial charge in [-0.15, -0.1) is 0 Å². The predicted molar refractivity (Wildman–Crippen MR) is 186 cm³/mol. The van der Waals surface area contributed by atoms with Crippen LogP contribution in [-0.4, -0.2) is 14.7 Å². The van der Waals surface area contributed by atoms with Crippen molar-refractivity contribution in [3.05, 3.63) is 41.0 Å². The summed E-state index contributed by atoms with van der Waals surface area (Å²) < 4.78 is 6.49. The molecule has 0 aromatic heterocycles. The molecule has 1 heterocycles. The van der Waals surface area contributed by atoms with E-state index in [1.165, 1.54) is 150 Å². The van der Waals surface area contributed by atoms with E-state index in [0.29, 0.717) is 0 Å². The maximum Gasteiger partial charge on any atom is 0.122 e. The van der Waals surface area contributed by atoms with Crippen LogP contribution in [0.5, 0.6) is 5.75 Å². The maximum absolute atomic E-state index is 6.49. The molecule has 1 nitrogen and oxygen atoms in total. The molecule has 2 heteroatoms. The number of benzene rings is 2. The number of rotatable bonds is 22. The standard InChI is InChI=1S/C39H64OSi/c1-7-10-13-16-19-22-25-40-37-31-36-35-28-32(4)33(5)29-38(35)41(39(36)30-34(37)6,26-23-20-17-14-11-8-2)27-24-21-18-15-12-9-3/h28-31H,7-27H2,1-6H3. The minimum Gasteiger partial charge on any atom is -0.493 e. The third kappa shape index (κ3) is 9.47. The van der Waals surface area contributed by atoms with E-state index < -0.39 is 8.07 Å². The normalized spacial score (nSPS) is 13.4. The molecular formula is C39H64OSi. The average Bonchev–Trinajstić information content (AvgIpc) is 3.20. The van der Waals surface area contributed by atoms with Gasteiger partial charge in [0.15, 0.2) is 0 Å². The molecule has 2 aromatic carbocycles. The molecule has 1 aliphatic rings. The molecule has 1 aliphatic heterocycles. The Morgan fingerprint density at radius 1 is 0.463 bits per heavy atom. The highest BCUT2D eigenvalue weighted by molar-refractivity contribution is 7.05. The molecule has 0 radical (unpaired) electrons. The third-order valence-electron chi connectivity index (χ3n) is 9.94. The SMILES string of the molecule is CCCCCCCCOc1cc2c(cc1C)[Si](CCCCCCCC)(CCCCCCCC)c1cc(C)c(C)cc1-2. The second-order valence-corrected chi connectivity index (χ2v) is 17.6. The molecule has 41 heavy (non-hydrogen) atoms. The predicted octanol–water partition coefficient (Wildman–Crippen LogP) is 11.6. The monoisotopic (exact) mass is 576 g/mol. The molecule has 0 bridgehead atoms. The van der Waals surface area contributed by atoms with Crippen molar-refractivity contribution in [3.63, 3.8) is 0 Å². The van der Waals surface area contributed by atoms with E-state index in [2.05, 4.69) is 65.8 Å². The Hall–Kier alpha value is -1.54. The molecule has 0 spiro atoms. The lowest BCUT2D eigenvalue weighted by Crippen LogP contribution is -2.55. The van der Waals surface area contributed by atoms with Gasteiger partial charge < -0.3 is 4.74 Å². The van der Waals surface area contributed by atoms with Crippen LogP contribution in [0.25, 0.3) is 11.1 Å². The largest absolute Gasteiger partial charge is 0.493 e. The lowest BCUT2D eigenvalue weighted by Gasteiger charge is -2.31. The summed E-state index contributed by atoms with van der Waals surface area (Å²) in [6.07, 6.45) is 24.5. The summed E-state index contributed by atoms with van der Waals surface area (Å²) >= 11 is 0. The minimum absolute atomic E-state index is 0.851. The van der Waals surface area contributed by atoms with Crippen LogP contribution in [0.4, 0.5) is 0 Å². The molecule has 0 unspecified atom stereocenters. The van der Waals surface area contributed by atoms with Crippen molar-refractivity contribution >= 4 is 18.4 Å². The van der Waals surface area contributed by atoms with E-state index in [4.69, 9.17) is 4.74 Å². The van der Waals surface area contributed by atoms with Crippen molar-refractivity contribution in [2.75, 3.05) is 6.61 Å². The Kier molecular flexibility index (Phi) is 15.1. The highest BCUT2D eigenvalue weighted by Crippen LogP contribution is 2.39. The molecule has 0 amide bonds. The van der Waals surface area contributed by atoms with Gasteiger partial charge in [0.05, 0.1) is 6.61 Å². The summed E-state index contributed by atoms with van der Waals surface area (Å²) in [5, 5.41) is 3.49. The van der Waals surface area contributed by atoms with Gasteiger partial charge in [0.2, 0.25) is 0 Å². The summed E-state index contributed by atoms with van der Waals surface area (Å²) in [4.78, 5) is 0. The van der Waals surface area contributed by atoms with Gasteiger partial charge >= 0.3 is 0 Å². The first-order chi connectivity index (χ1) is 20.0. The van der Waals surface area contributed by atoms with Crippen molar-refractivity contribution < 1.29 is 4.74 Å². The number of aryl methyl sites for hydroxylation is 3. The van der Waals surface area contributed by atoms with Gasteiger partial charge in [0, 0.05) is 0 Å². The van der Waals surface area contributed by atoms with Gasteiger partial charge in [-0.05, 0) is 83.5 Å². The Morgan fingerprint density at radius 2 is 0.878 bits per heavy atom. The van der Waals surface area contributed by atoms with E-state index in [-0.39, 0.29) is 0 Å². The summed E-state index contributed by atoms with van der Waals surface area (Å²) in [6.45, 7) is 14.8. The lowest BCUT2D eigenvalue weighted by molar-refractivity contribution is 0.302. The van der Waals surface area contributed by atoms with Crippen LogP contribution in [0.15, 0.2) is 24.3 Å². The smallest absolute Gasteiger partial charge is 0.122 e. The number of unbranched alkanes of at least 4 members (excludes halogenated alkanes) is 15. The number of fused-ring (bicyclic) bond motifs is 3. The van der Waals surface area contributed by atoms with E-state index in [0.717, 1.165) is 12.4 Å². The number of hydrogen-bond donors (Lipinski definition) is 0. The zero-order valence-corrected chi connectivity index (χ0v) is 29.1. The van der Waals surface area contributed by atoms with Gasteiger partial charge in [0.1, 0.15) is 13.8 Å².